The number of aryl methyl sites for hydroxylation is 3. The fourth-order valence-electron chi connectivity index (χ4n) is 5.55. The lowest BCUT2D eigenvalue weighted by Gasteiger charge is -2.37. The summed E-state index contributed by atoms with van der Waals surface area (Å²) in [5.74, 6) is 2.08. The molecule has 0 radical (unpaired) electrons. The third-order valence-electron chi connectivity index (χ3n) is 6.97. The molecular weight excluding hydrogens is 266 g/mol. The van der Waals surface area contributed by atoms with Gasteiger partial charge in [0, 0.05) is 12.1 Å². The standard InChI is InChI=1S/C21H31N/c1-3-15-4-6-17-8-10-20(11-9-18(17)12-15)22(2)21-14-16-5-7-19(21)13-16/h4,6,12,16,19-21H,3,5,7-11,13-14H2,1-2H3. The zero-order valence-corrected chi connectivity index (χ0v) is 14.4. The van der Waals surface area contributed by atoms with E-state index < -0.39 is 0 Å². The van der Waals surface area contributed by atoms with Gasteiger partial charge in [0.25, 0.3) is 0 Å². The Hall–Kier alpha value is -0.820. The lowest BCUT2D eigenvalue weighted by atomic mass is 9.92. The SMILES string of the molecule is CCc1ccc2c(c1)CCC(N(C)C1CC3CCC1C3)CC2. The fraction of sp³-hybridized carbons (Fsp3) is 0.714. The molecule has 2 saturated carbocycles. The molecule has 1 heteroatoms. The molecular formula is C21H31N. The molecule has 0 spiro atoms. The van der Waals surface area contributed by atoms with Crippen molar-refractivity contribution in [1.82, 2.24) is 4.90 Å². The van der Waals surface area contributed by atoms with Gasteiger partial charge in [0.15, 0.2) is 0 Å². The Morgan fingerprint density at radius 3 is 2.50 bits per heavy atom. The Morgan fingerprint density at radius 2 is 1.82 bits per heavy atom. The van der Waals surface area contributed by atoms with Crippen molar-refractivity contribution in [2.45, 2.75) is 76.8 Å². The van der Waals surface area contributed by atoms with Crippen molar-refractivity contribution in [2.75, 3.05) is 7.05 Å². The van der Waals surface area contributed by atoms with Crippen LogP contribution in [0, 0.1) is 11.8 Å². The number of hydrogen-bond acceptors (Lipinski definition) is 1. The van der Waals surface area contributed by atoms with E-state index in [1.165, 1.54) is 63.4 Å². The molecule has 4 unspecified atom stereocenters. The van der Waals surface area contributed by atoms with E-state index in [1.54, 1.807) is 11.1 Å². The number of fused-ring (bicyclic) bond motifs is 3. The molecule has 0 aromatic heterocycles. The summed E-state index contributed by atoms with van der Waals surface area (Å²) >= 11 is 0. The highest BCUT2D eigenvalue weighted by atomic mass is 15.2. The van der Waals surface area contributed by atoms with Gasteiger partial charge in [-0.25, -0.2) is 0 Å². The Balaban J connectivity index is 1.45. The van der Waals surface area contributed by atoms with Crippen LogP contribution in [-0.2, 0) is 19.3 Å². The molecule has 3 aliphatic carbocycles. The molecule has 3 aliphatic rings. The maximum Gasteiger partial charge on any atom is 0.0126 e. The monoisotopic (exact) mass is 297 g/mol. The van der Waals surface area contributed by atoms with Gasteiger partial charge >= 0.3 is 0 Å². The van der Waals surface area contributed by atoms with Crippen LogP contribution in [-0.4, -0.2) is 24.0 Å². The highest BCUT2D eigenvalue weighted by molar-refractivity contribution is 5.33. The lowest BCUT2D eigenvalue weighted by Crippen LogP contribution is -2.43. The van der Waals surface area contributed by atoms with E-state index in [1.807, 2.05) is 0 Å². The minimum atomic E-state index is 0.807. The second-order valence-electron chi connectivity index (χ2n) is 8.10. The normalized spacial score (nSPS) is 34.0. The molecule has 2 bridgehead atoms. The van der Waals surface area contributed by atoms with Crippen molar-refractivity contribution in [3.8, 4) is 0 Å². The van der Waals surface area contributed by atoms with Gasteiger partial charge in [0.2, 0.25) is 0 Å². The van der Waals surface area contributed by atoms with Crippen LogP contribution in [0.15, 0.2) is 18.2 Å². The van der Waals surface area contributed by atoms with E-state index in [2.05, 4.69) is 37.1 Å². The van der Waals surface area contributed by atoms with Crippen LogP contribution in [0.3, 0.4) is 0 Å². The zero-order chi connectivity index (χ0) is 15.1. The second-order valence-corrected chi connectivity index (χ2v) is 8.10. The van der Waals surface area contributed by atoms with Crippen LogP contribution >= 0.6 is 0 Å². The van der Waals surface area contributed by atoms with E-state index >= 15 is 0 Å². The molecule has 0 amide bonds. The molecule has 0 saturated heterocycles. The first-order valence-corrected chi connectivity index (χ1v) is 9.57. The zero-order valence-electron chi connectivity index (χ0n) is 14.4. The summed E-state index contributed by atoms with van der Waals surface area (Å²) in [5.41, 5.74) is 4.78. The van der Waals surface area contributed by atoms with E-state index in [-0.39, 0.29) is 0 Å². The van der Waals surface area contributed by atoms with Crippen LogP contribution in [0.25, 0.3) is 0 Å². The van der Waals surface area contributed by atoms with Crippen LogP contribution in [0.2, 0.25) is 0 Å². The van der Waals surface area contributed by atoms with Crippen LogP contribution < -0.4 is 0 Å². The van der Waals surface area contributed by atoms with Crippen LogP contribution in [0.1, 0.15) is 62.1 Å². The molecule has 2 fully saturated rings. The summed E-state index contributed by atoms with van der Waals surface area (Å²) in [6.45, 7) is 2.27. The van der Waals surface area contributed by atoms with Crippen molar-refractivity contribution < 1.29 is 0 Å². The van der Waals surface area contributed by atoms with Gasteiger partial charge in [-0.05, 0) is 86.9 Å². The topological polar surface area (TPSA) is 3.24 Å². The molecule has 0 aliphatic heterocycles. The van der Waals surface area contributed by atoms with Crippen molar-refractivity contribution in [1.29, 1.82) is 0 Å². The van der Waals surface area contributed by atoms with E-state index in [9.17, 15) is 0 Å². The first-order valence-electron chi connectivity index (χ1n) is 9.57. The van der Waals surface area contributed by atoms with Crippen molar-refractivity contribution in [3.05, 3.63) is 34.9 Å². The Kier molecular flexibility index (Phi) is 4.02. The fourth-order valence-corrected chi connectivity index (χ4v) is 5.55. The Labute approximate surface area is 136 Å². The second kappa shape index (κ2) is 6.00. The predicted octanol–water partition coefficient (Wildman–Crippen LogP) is 4.62. The van der Waals surface area contributed by atoms with Gasteiger partial charge in [-0.1, -0.05) is 31.5 Å². The van der Waals surface area contributed by atoms with E-state index in [0.717, 1.165) is 23.9 Å². The molecule has 1 aromatic rings. The molecule has 1 aromatic carbocycles. The maximum absolute atomic E-state index is 2.80. The highest BCUT2D eigenvalue weighted by Gasteiger charge is 2.42. The molecule has 1 nitrogen and oxygen atoms in total. The number of hydrogen-bond donors (Lipinski definition) is 0. The molecule has 0 N–H and O–H groups in total. The summed E-state index contributed by atoms with van der Waals surface area (Å²) in [7, 11) is 2.43. The van der Waals surface area contributed by atoms with E-state index in [0.29, 0.717) is 0 Å². The average molecular weight is 297 g/mol. The molecule has 4 atom stereocenters. The van der Waals surface area contributed by atoms with Gasteiger partial charge in [0.1, 0.15) is 0 Å². The minimum Gasteiger partial charge on any atom is -0.300 e. The Morgan fingerprint density at radius 1 is 1.00 bits per heavy atom. The van der Waals surface area contributed by atoms with Crippen molar-refractivity contribution >= 4 is 0 Å². The molecule has 4 rings (SSSR count). The quantitative estimate of drug-likeness (QED) is 0.736. The van der Waals surface area contributed by atoms with Gasteiger partial charge in [-0.15, -0.1) is 0 Å². The third-order valence-corrected chi connectivity index (χ3v) is 6.97. The van der Waals surface area contributed by atoms with Gasteiger partial charge in [-0.3, -0.25) is 0 Å². The lowest BCUT2D eigenvalue weighted by molar-refractivity contribution is 0.115. The first kappa shape index (κ1) is 14.8. The van der Waals surface area contributed by atoms with E-state index in [4.69, 9.17) is 0 Å². The summed E-state index contributed by atoms with van der Waals surface area (Å²) in [5, 5.41) is 0. The Bertz CT molecular complexity index is 535. The third kappa shape index (κ3) is 2.62. The summed E-state index contributed by atoms with van der Waals surface area (Å²) in [6.07, 6.45) is 12.5. The number of benzene rings is 1. The van der Waals surface area contributed by atoms with Crippen LogP contribution in [0.4, 0.5) is 0 Å². The van der Waals surface area contributed by atoms with Gasteiger partial charge in [-0.2, -0.15) is 0 Å². The summed E-state index contributed by atoms with van der Waals surface area (Å²) in [6, 6.07) is 8.94. The van der Waals surface area contributed by atoms with Gasteiger partial charge in [0.05, 0.1) is 0 Å². The molecule has 120 valence electrons. The largest absolute Gasteiger partial charge is 0.300 e. The average Bonchev–Trinajstić information content (AvgIpc) is 3.12. The predicted molar refractivity (Wildman–Crippen MR) is 93.2 cm³/mol. The highest BCUT2D eigenvalue weighted by Crippen LogP contribution is 2.47. The minimum absolute atomic E-state index is 0.807. The molecule has 0 heterocycles. The first-order chi connectivity index (χ1) is 10.7. The van der Waals surface area contributed by atoms with Crippen molar-refractivity contribution in [3.63, 3.8) is 0 Å². The number of nitrogens with zero attached hydrogens (tertiary/aromatic N) is 1. The summed E-state index contributed by atoms with van der Waals surface area (Å²) < 4.78 is 0. The van der Waals surface area contributed by atoms with Crippen LogP contribution in [0.5, 0.6) is 0 Å². The van der Waals surface area contributed by atoms with Gasteiger partial charge < -0.3 is 4.90 Å². The smallest absolute Gasteiger partial charge is 0.0126 e. The number of rotatable bonds is 3. The summed E-state index contributed by atoms with van der Waals surface area (Å²) in [4.78, 5) is 2.80. The van der Waals surface area contributed by atoms with Crippen molar-refractivity contribution in [2.24, 2.45) is 11.8 Å². The maximum atomic E-state index is 2.80. The molecule has 22 heavy (non-hydrogen) atoms.